The van der Waals surface area contributed by atoms with Crippen LogP contribution in [0, 0.1) is 5.92 Å². The third-order valence-electron chi connectivity index (χ3n) is 6.82. The highest BCUT2D eigenvalue weighted by Gasteiger charge is 2.41. The number of benzene rings is 1. The lowest BCUT2D eigenvalue weighted by atomic mass is 9.97. The molecule has 4 heterocycles. The van der Waals surface area contributed by atoms with Gasteiger partial charge in [-0.3, -0.25) is 4.90 Å². The summed E-state index contributed by atoms with van der Waals surface area (Å²) in [6.45, 7) is 5.50. The molecule has 2 aromatic rings. The number of aromatic hydroxyl groups is 1. The summed E-state index contributed by atoms with van der Waals surface area (Å²) in [5.41, 5.74) is 8.52. The lowest BCUT2D eigenvalue weighted by Gasteiger charge is -2.44. The van der Waals surface area contributed by atoms with Gasteiger partial charge >= 0.3 is 0 Å². The zero-order valence-corrected chi connectivity index (χ0v) is 16.8. The molecule has 0 aliphatic carbocycles. The molecule has 1 aromatic heterocycles. The van der Waals surface area contributed by atoms with Crippen LogP contribution in [0.4, 0.5) is 11.5 Å². The van der Waals surface area contributed by atoms with Gasteiger partial charge in [0.2, 0.25) is 0 Å². The van der Waals surface area contributed by atoms with E-state index in [1.54, 1.807) is 6.07 Å². The monoisotopic (exact) mass is 394 g/mol. The van der Waals surface area contributed by atoms with Crippen LogP contribution in [-0.2, 0) is 0 Å². The average Bonchev–Trinajstić information content (AvgIpc) is 2.97. The predicted octanol–water partition coefficient (Wildman–Crippen LogP) is 2.08. The third kappa shape index (κ3) is 3.65. The first-order chi connectivity index (χ1) is 14.2. The highest BCUT2D eigenvalue weighted by Crippen LogP contribution is 2.37. The molecule has 4 N–H and O–H groups in total. The number of piperidine rings is 1. The van der Waals surface area contributed by atoms with Gasteiger partial charge in [0.15, 0.2) is 5.82 Å². The molecule has 7 nitrogen and oxygen atoms in total. The second kappa shape index (κ2) is 7.80. The fraction of sp³-hybridized carbons (Fsp3) is 0.545. The number of piperazine rings is 1. The Bertz CT molecular complexity index is 854. The highest BCUT2D eigenvalue weighted by atomic mass is 16.3. The number of para-hydroxylation sites is 1. The second-order valence-electron chi connectivity index (χ2n) is 8.72. The van der Waals surface area contributed by atoms with Gasteiger partial charge in [-0.25, -0.2) is 0 Å². The van der Waals surface area contributed by atoms with Gasteiger partial charge in [0, 0.05) is 37.3 Å². The molecule has 5 rings (SSSR count). The van der Waals surface area contributed by atoms with Crippen molar-refractivity contribution < 1.29 is 5.11 Å². The number of rotatable bonds is 4. The smallest absolute Gasteiger partial charge is 0.169 e. The van der Waals surface area contributed by atoms with E-state index in [0.29, 0.717) is 29.2 Å². The van der Waals surface area contributed by atoms with Crippen molar-refractivity contribution in [2.24, 2.45) is 5.92 Å². The van der Waals surface area contributed by atoms with Gasteiger partial charge in [0.1, 0.15) is 5.75 Å². The van der Waals surface area contributed by atoms with Crippen LogP contribution in [0.15, 0.2) is 30.3 Å². The third-order valence-corrected chi connectivity index (χ3v) is 6.82. The molecule has 0 radical (unpaired) electrons. The molecule has 7 heteroatoms. The Hall–Kier alpha value is -2.38. The summed E-state index contributed by atoms with van der Waals surface area (Å²) in [5.74, 6) is 1.45. The summed E-state index contributed by atoms with van der Waals surface area (Å²) in [6, 6.07) is 10.4. The van der Waals surface area contributed by atoms with Crippen molar-refractivity contribution in [2.45, 2.75) is 37.8 Å². The summed E-state index contributed by atoms with van der Waals surface area (Å²) in [4.78, 5) is 5.13. The van der Waals surface area contributed by atoms with E-state index in [4.69, 9.17) is 5.73 Å². The van der Waals surface area contributed by atoms with E-state index in [2.05, 4.69) is 25.3 Å². The number of nitrogens with two attached hydrogens (primary N) is 1. The maximum atomic E-state index is 10.2. The van der Waals surface area contributed by atoms with Crippen molar-refractivity contribution >= 4 is 11.5 Å². The van der Waals surface area contributed by atoms with E-state index in [0.717, 1.165) is 31.2 Å². The van der Waals surface area contributed by atoms with Crippen molar-refractivity contribution in [2.75, 3.05) is 43.4 Å². The number of hydrogen-bond acceptors (Lipinski definition) is 7. The van der Waals surface area contributed by atoms with Crippen molar-refractivity contribution in [3.8, 4) is 17.0 Å². The van der Waals surface area contributed by atoms with Gasteiger partial charge in [-0.05, 0) is 62.9 Å². The van der Waals surface area contributed by atoms with Gasteiger partial charge in [-0.15, -0.1) is 10.2 Å². The Morgan fingerprint density at radius 2 is 1.90 bits per heavy atom. The summed E-state index contributed by atoms with van der Waals surface area (Å²) < 4.78 is 0. The highest BCUT2D eigenvalue weighted by molar-refractivity contribution is 5.74. The molecule has 29 heavy (non-hydrogen) atoms. The minimum atomic E-state index is 0.212. The fourth-order valence-electron chi connectivity index (χ4n) is 5.33. The molecule has 3 aliphatic rings. The maximum absolute atomic E-state index is 10.2. The van der Waals surface area contributed by atoms with Crippen molar-refractivity contribution in [3.63, 3.8) is 0 Å². The van der Waals surface area contributed by atoms with Crippen LogP contribution < -0.4 is 16.0 Å². The first-order valence-electron chi connectivity index (χ1n) is 10.8. The van der Waals surface area contributed by atoms with Gasteiger partial charge in [-0.2, -0.15) is 0 Å². The molecule has 3 atom stereocenters. The summed E-state index contributed by atoms with van der Waals surface area (Å²) in [6.07, 6.45) is 5.16. The number of nitrogens with zero attached hydrogens (tertiary/aromatic N) is 4. The van der Waals surface area contributed by atoms with Crippen LogP contribution >= 0.6 is 0 Å². The van der Waals surface area contributed by atoms with Crippen molar-refractivity contribution in [1.82, 2.24) is 20.4 Å². The molecule has 2 bridgehead atoms. The molecular formula is C22H30N6O. The zero-order valence-electron chi connectivity index (χ0n) is 16.8. The summed E-state index contributed by atoms with van der Waals surface area (Å²) >= 11 is 0. The van der Waals surface area contributed by atoms with Crippen LogP contribution in [0.25, 0.3) is 11.3 Å². The predicted molar refractivity (Wildman–Crippen MR) is 115 cm³/mol. The molecule has 154 valence electrons. The standard InChI is InChI=1S/C22H30N6O/c23-22-20(10-19(25-26-22)18-5-1-2-6-21(18)29)27-13-16-7-8-17(14-27)28(16)12-15-4-3-9-24-11-15/h1-2,5-6,10,15-17,24,29H,3-4,7-9,11-14H2,(H2,23,26)/t15-,16?,17?/m1/s1. The van der Waals surface area contributed by atoms with Crippen LogP contribution in [0.5, 0.6) is 5.75 Å². The average molecular weight is 395 g/mol. The first kappa shape index (κ1) is 18.6. The topological polar surface area (TPSA) is 90.5 Å². The Labute approximate surface area is 171 Å². The van der Waals surface area contributed by atoms with Crippen LogP contribution in [-0.4, -0.2) is 65.0 Å². The van der Waals surface area contributed by atoms with E-state index in [-0.39, 0.29) is 5.75 Å². The lowest BCUT2D eigenvalue weighted by molar-refractivity contribution is 0.132. The van der Waals surface area contributed by atoms with Gasteiger partial charge in [0.25, 0.3) is 0 Å². The Kier molecular flexibility index (Phi) is 5.01. The summed E-state index contributed by atoms with van der Waals surface area (Å²) in [5, 5.41) is 22.2. The molecule has 0 saturated carbocycles. The number of nitrogen functional groups attached to an aromatic ring is 1. The lowest BCUT2D eigenvalue weighted by Crippen LogP contribution is -2.56. The first-order valence-corrected chi connectivity index (χ1v) is 10.8. The minimum absolute atomic E-state index is 0.212. The largest absolute Gasteiger partial charge is 0.507 e. The van der Waals surface area contributed by atoms with Crippen molar-refractivity contribution in [1.29, 1.82) is 0 Å². The number of aromatic nitrogens is 2. The Morgan fingerprint density at radius 1 is 1.10 bits per heavy atom. The maximum Gasteiger partial charge on any atom is 0.169 e. The Morgan fingerprint density at radius 3 is 2.62 bits per heavy atom. The van der Waals surface area contributed by atoms with Crippen LogP contribution in [0.3, 0.4) is 0 Å². The van der Waals surface area contributed by atoms with E-state index in [1.807, 2.05) is 24.3 Å². The molecular weight excluding hydrogens is 364 g/mol. The normalized spacial score (nSPS) is 27.3. The molecule has 0 amide bonds. The van der Waals surface area contributed by atoms with E-state index in [9.17, 15) is 5.11 Å². The number of hydrogen-bond donors (Lipinski definition) is 3. The second-order valence-corrected chi connectivity index (χ2v) is 8.72. The number of fused-ring (bicyclic) bond motifs is 2. The molecule has 3 saturated heterocycles. The van der Waals surface area contributed by atoms with Gasteiger partial charge in [0.05, 0.1) is 11.4 Å². The number of nitrogens with one attached hydrogen (secondary N) is 1. The van der Waals surface area contributed by atoms with E-state index in [1.165, 1.54) is 38.8 Å². The van der Waals surface area contributed by atoms with Gasteiger partial charge < -0.3 is 21.1 Å². The fourth-order valence-corrected chi connectivity index (χ4v) is 5.33. The number of phenols is 1. The van der Waals surface area contributed by atoms with Gasteiger partial charge in [-0.1, -0.05) is 12.1 Å². The van der Waals surface area contributed by atoms with Crippen LogP contribution in [0.1, 0.15) is 25.7 Å². The number of anilines is 2. The Balaban J connectivity index is 1.35. The zero-order chi connectivity index (χ0) is 19.8. The van der Waals surface area contributed by atoms with Crippen LogP contribution in [0.2, 0.25) is 0 Å². The molecule has 2 unspecified atom stereocenters. The molecule has 3 aliphatic heterocycles. The molecule has 1 aromatic carbocycles. The van der Waals surface area contributed by atoms with E-state index < -0.39 is 0 Å². The minimum Gasteiger partial charge on any atom is -0.507 e. The number of phenolic OH excluding ortho intramolecular Hbond substituents is 1. The molecule has 0 spiro atoms. The quantitative estimate of drug-likeness (QED) is 0.731. The summed E-state index contributed by atoms with van der Waals surface area (Å²) in [7, 11) is 0. The van der Waals surface area contributed by atoms with E-state index >= 15 is 0 Å². The molecule has 3 fully saturated rings. The van der Waals surface area contributed by atoms with Crippen molar-refractivity contribution in [3.05, 3.63) is 30.3 Å². The SMILES string of the molecule is Nc1nnc(-c2ccccc2O)cc1N1CC2CCC(C1)N2C[C@@H]1CCCNC1.